The monoisotopic (exact) mass is 234 g/mol. The lowest BCUT2D eigenvalue weighted by Crippen LogP contribution is -2.47. The van der Waals surface area contributed by atoms with Crippen LogP contribution in [0.5, 0.6) is 0 Å². The van der Waals surface area contributed by atoms with Gasteiger partial charge in [0.25, 0.3) is 0 Å². The maximum atomic E-state index is 4.35. The van der Waals surface area contributed by atoms with Crippen molar-refractivity contribution >= 4 is 0 Å². The van der Waals surface area contributed by atoms with Gasteiger partial charge in [-0.1, -0.05) is 6.92 Å². The van der Waals surface area contributed by atoms with Gasteiger partial charge in [-0.15, -0.1) is 0 Å². The van der Waals surface area contributed by atoms with E-state index in [9.17, 15) is 0 Å². The van der Waals surface area contributed by atoms with Gasteiger partial charge in [-0.3, -0.25) is 9.97 Å². The standard InChI is InChI=1S/C13H22N4/c1-10-9-17(3)7-4-12(10)16-11(2)13-8-14-5-6-15-13/h5-6,8,10-12,16H,4,7,9H2,1-3H3. The van der Waals surface area contributed by atoms with Crippen molar-refractivity contribution in [2.75, 3.05) is 20.1 Å². The molecule has 1 aliphatic heterocycles. The highest BCUT2D eigenvalue weighted by molar-refractivity contribution is 5.01. The van der Waals surface area contributed by atoms with Crippen molar-refractivity contribution in [3.63, 3.8) is 0 Å². The number of rotatable bonds is 3. The Hall–Kier alpha value is -1.00. The van der Waals surface area contributed by atoms with E-state index in [1.165, 1.54) is 19.5 Å². The first-order chi connectivity index (χ1) is 8.16. The largest absolute Gasteiger partial charge is 0.306 e. The molecule has 0 aliphatic carbocycles. The highest BCUT2D eigenvalue weighted by atomic mass is 15.1. The molecule has 17 heavy (non-hydrogen) atoms. The Balaban J connectivity index is 1.93. The third-order valence-electron chi connectivity index (χ3n) is 3.60. The third kappa shape index (κ3) is 3.23. The number of nitrogens with one attached hydrogen (secondary N) is 1. The van der Waals surface area contributed by atoms with Gasteiger partial charge in [-0.2, -0.15) is 0 Å². The fourth-order valence-electron chi connectivity index (χ4n) is 2.54. The minimum atomic E-state index is 0.277. The van der Waals surface area contributed by atoms with Gasteiger partial charge >= 0.3 is 0 Å². The molecule has 0 radical (unpaired) electrons. The second kappa shape index (κ2) is 5.56. The first-order valence-corrected chi connectivity index (χ1v) is 6.37. The quantitative estimate of drug-likeness (QED) is 0.860. The molecule has 0 amide bonds. The van der Waals surface area contributed by atoms with Crippen LogP contribution in [0.2, 0.25) is 0 Å². The molecule has 1 aromatic heterocycles. The van der Waals surface area contributed by atoms with Crippen LogP contribution in [0.15, 0.2) is 18.6 Å². The molecule has 4 nitrogen and oxygen atoms in total. The lowest BCUT2D eigenvalue weighted by Gasteiger charge is -2.36. The first kappa shape index (κ1) is 12.5. The van der Waals surface area contributed by atoms with Crippen LogP contribution in [-0.2, 0) is 0 Å². The van der Waals surface area contributed by atoms with E-state index < -0.39 is 0 Å². The Bertz CT molecular complexity index is 341. The van der Waals surface area contributed by atoms with Gasteiger partial charge in [0.05, 0.1) is 5.69 Å². The van der Waals surface area contributed by atoms with Crippen LogP contribution in [0.25, 0.3) is 0 Å². The van der Waals surface area contributed by atoms with Crippen LogP contribution in [-0.4, -0.2) is 41.0 Å². The van der Waals surface area contributed by atoms with E-state index in [0.29, 0.717) is 12.0 Å². The highest BCUT2D eigenvalue weighted by Gasteiger charge is 2.25. The second-order valence-corrected chi connectivity index (χ2v) is 5.15. The smallest absolute Gasteiger partial charge is 0.0753 e. The molecule has 0 bridgehead atoms. The summed E-state index contributed by atoms with van der Waals surface area (Å²) in [4.78, 5) is 10.9. The molecule has 1 aromatic rings. The number of nitrogens with zero attached hydrogens (tertiary/aromatic N) is 3. The Morgan fingerprint density at radius 1 is 1.47 bits per heavy atom. The van der Waals surface area contributed by atoms with E-state index in [1.54, 1.807) is 12.4 Å². The van der Waals surface area contributed by atoms with Crippen molar-refractivity contribution in [3.05, 3.63) is 24.3 Å². The van der Waals surface area contributed by atoms with Crippen molar-refractivity contribution in [2.24, 2.45) is 5.92 Å². The predicted octanol–water partition coefficient (Wildman–Crippen LogP) is 1.47. The van der Waals surface area contributed by atoms with Gasteiger partial charge in [0.2, 0.25) is 0 Å². The van der Waals surface area contributed by atoms with Crippen LogP contribution in [0.4, 0.5) is 0 Å². The van der Waals surface area contributed by atoms with E-state index in [0.717, 1.165) is 5.69 Å². The minimum absolute atomic E-state index is 0.277. The van der Waals surface area contributed by atoms with Gasteiger partial charge < -0.3 is 10.2 Å². The van der Waals surface area contributed by atoms with Crippen LogP contribution in [0.3, 0.4) is 0 Å². The molecule has 4 heteroatoms. The van der Waals surface area contributed by atoms with Crippen molar-refractivity contribution < 1.29 is 0 Å². The summed E-state index contributed by atoms with van der Waals surface area (Å²) >= 11 is 0. The van der Waals surface area contributed by atoms with E-state index in [-0.39, 0.29) is 6.04 Å². The zero-order valence-corrected chi connectivity index (χ0v) is 10.9. The van der Waals surface area contributed by atoms with E-state index in [4.69, 9.17) is 0 Å². The SMILES string of the molecule is CC(NC1CCN(C)CC1C)c1cnccn1. The highest BCUT2D eigenvalue weighted by Crippen LogP contribution is 2.19. The van der Waals surface area contributed by atoms with Gasteiger partial charge in [-0.05, 0) is 32.9 Å². The van der Waals surface area contributed by atoms with Crippen molar-refractivity contribution in [2.45, 2.75) is 32.4 Å². The van der Waals surface area contributed by atoms with Crippen LogP contribution >= 0.6 is 0 Å². The summed E-state index contributed by atoms with van der Waals surface area (Å²) in [5.41, 5.74) is 1.03. The molecule has 1 N–H and O–H groups in total. The van der Waals surface area contributed by atoms with Gasteiger partial charge in [-0.25, -0.2) is 0 Å². The van der Waals surface area contributed by atoms with Crippen LogP contribution in [0, 0.1) is 5.92 Å². The summed E-state index contributed by atoms with van der Waals surface area (Å²) in [6.07, 6.45) is 6.53. The first-order valence-electron chi connectivity index (χ1n) is 6.37. The van der Waals surface area contributed by atoms with E-state index in [2.05, 4.69) is 41.1 Å². The summed E-state index contributed by atoms with van der Waals surface area (Å²) in [5.74, 6) is 0.688. The molecule has 3 atom stereocenters. The fourth-order valence-corrected chi connectivity index (χ4v) is 2.54. The minimum Gasteiger partial charge on any atom is -0.306 e. The number of hydrogen-bond acceptors (Lipinski definition) is 4. The Morgan fingerprint density at radius 3 is 2.94 bits per heavy atom. The summed E-state index contributed by atoms with van der Waals surface area (Å²) in [5, 5.41) is 3.68. The number of aromatic nitrogens is 2. The summed E-state index contributed by atoms with van der Waals surface area (Å²) in [6, 6.07) is 0.864. The number of hydrogen-bond donors (Lipinski definition) is 1. The maximum absolute atomic E-state index is 4.35. The van der Waals surface area contributed by atoms with Crippen LogP contribution in [0.1, 0.15) is 32.0 Å². The van der Waals surface area contributed by atoms with Gasteiger partial charge in [0.15, 0.2) is 0 Å². The molecule has 0 saturated carbocycles. The maximum Gasteiger partial charge on any atom is 0.0753 e. The van der Waals surface area contributed by atoms with Crippen molar-refractivity contribution in [3.8, 4) is 0 Å². The lowest BCUT2D eigenvalue weighted by atomic mass is 9.93. The molecular formula is C13H22N4. The average Bonchev–Trinajstić information content (AvgIpc) is 2.34. The van der Waals surface area contributed by atoms with E-state index >= 15 is 0 Å². The molecular weight excluding hydrogens is 212 g/mol. The Labute approximate surface area is 103 Å². The second-order valence-electron chi connectivity index (χ2n) is 5.15. The lowest BCUT2D eigenvalue weighted by molar-refractivity contribution is 0.167. The molecule has 0 spiro atoms. The molecule has 1 aliphatic rings. The molecule has 1 saturated heterocycles. The fraction of sp³-hybridized carbons (Fsp3) is 0.692. The predicted molar refractivity (Wildman–Crippen MR) is 68.6 cm³/mol. The summed E-state index contributed by atoms with van der Waals surface area (Å²) < 4.78 is 0. The number of piperidine rings is 1. The average molecular weight is 234 g/mol. The van der Waals surface area contributed by atoms with Gasteiger partial charge in [0, 0.05) is 37.2 Å². The normalized spacial score (nSPS) is 27.9. The molecule has 1 fully saturated rings. The van der Waals surface area contributed by atoms with Crippen LogP contribution < -0.4 is 5.32 Å². The van der Waals surface area contributed by atoms with E-state index in [1.807, 2.05) is 6.20 Å². The molecule has 3 unspecified atom stereocenters. The molecule has 2 rings (SSSR count). The summed E-state index contributed by atoms with van der Waals surface area (Å²) in [7, 11) is 2.19. The van der Waals surface area contributed by atoms with Crippen molar-refractivity contribution in [1.29, 1.82) is 0 Å². The summed E-state index contributed by atoms with van der Waals surface area (Å²) in [6.45, 7) is 6.83. The zero-order valence-electron chi connectivity index (χ0n) is 10.9. The third-order valence-corrected chi connectivity index (χ3v) is 3.60. The molecule has 94 valence electrons. The van der Waals surface area contributed by atoms with Gasteiger partial charge in [0.1, 0.15) is 0 Å². The topological polar surface area (TPSA) is 41.0 Å². The Kier molecular flexibility index (Phi) is 4.07. The number of likely N-dealkylation sites (tertiary alicyclic amines) is 1. The zero-order chi connectivity index (χ0) is 12.3. The molecule has 2 heterocycles. The molecule has 0 aromatic carbocycles. The van der Waals surface area contributed by atoms with Crippen molar-refractivity contribution in [1.82, 2.24) is 20.2 Å². The Morgan fingerprint density at radius 2 is 2.29 bits per heavy atom.